The highest BCUT2D eigenvalue weighted by atomic mass is 16.2. The van der Waals surface area contributed by atoms with Crippen molar-refractivity contribution >= 4 is 11.8 Å². The molecule has 2 heterocycles. The summed E-state index contributed by atoms with van der Waals surface area (Å²) in [5, 5.41) is 3.13. The molecule has 2 aliphatic rings. The number of nitrogens with one attached hydrogen (secondary N) is 1. The van der Waals surface area contributed by atoms with E-state index in [9.17, 15) is 9.59 Å². The Hall–Kier alpha value is -2.69. The predicted molar refractivity (Wildman–Crippen MR) is 122 cm³/mol. The maximum absolute atomic E-state index is 13.3. The van der Waals surface area contributed by atoms with Crippen LogP contribution in [-0.2, 0) is 16.0 Å². The van der Waals surface area contributed by atoms with Crippen LogP contribution in [-0.4, -0.2) is 41.3 Å². The molecule has 0 radical (unpaired) electrons. The number of carbonyl (C=O) groups is 2. The number of benzene rings is 1. The van der Waals surface area contributed by atoms with Crippen LogP contribution in [0.5, 0.6) is 0 Å². The molecule has 0 spiro atoms. The fourth-order valence-corrected chi connectivity index (χ4v) is 4.81. The highest BCUT2D eigenvalue weighted by molar-refractivity contribution is 5.86. The molecule has 1 saturated carbocycles. The Morgan fingerprint density at radius 3 is 2.45 bits per heavy atom. The zero-order valence-corrected chi connectivity index (χ0v) is 18.6. The van der Waals surface area contributed by atoms with Crippen LogP contribution < -0.4 is 5.32 Å². The molecule has 1 aliphatic heterocycles. The summed E-state index contributed by atoms with van der Waals surface area (Å²) in [6.45, 7) is 6.17. The molecule has 2 fully saturated rings. The van der Waals surface area contributed by atoms with Crippen LogP contribution in [0.15, 0.2) is 48.8 Å². The summed E-state index contributed by atoms with van der Waals surface area (Å²) < 4.78 is 0. The van der Waals surface area contributed by atoms with Crippen LogP contribution in [0.25, 0.3) is 11.1 Å². The van der Waals surface area contributed by atoms with Gasteiger partial charge >= 0.3 is 0 Å². The average molecular weight is 420 g/mol. The van der Waals surface area contributed by atoms with Crippen LogP contribution >= 0.6 is 0 Å². The number of hydrogen-bond acceptors (Lipinski definition) is 3. The zero-order chi connectivity index (χ0) is 21.8. The van der Waals surface area contributed by atoms with Gasteiger partial charge in [0.2, 0.25) is 11.8 Å². The molecule has 31 heavy (non-hydrogen) atoms. The third-order valence-corrected chi connectivity index (χ3v) is 6.84. The molecule has 4 rings (SSSR count). The second-order valence-corrected chi connectivity index (χ2v) is 9.33. The number of pyridine rings is 1. The third-order valence-electron chi connectivity index (χ3n) is 6.84. The van der Waals surface area contributed by atoms with E-state index in [1.807, 2.05) is 17.0 Å². The van der Waals surface area contributed by atoms with Crippen molar-refractivity contribution < 1.29 is 9.59 Å². The molecule has 1 aromatic heterocycles. The largest absolute Gasteiger partial charge is 0.356 e. The standard InChI is InChI=1S/C26H33N3O2/c1-3-12-28-25(31)26(11-4-15-29(18-26)24(30)23-16-19(23)2)17-20-5-7-21(8-6-20)22-9-13-27-14-10-22/h5-10,13-14,19,23H,3-4,11-12,15-18H2,1-2H3,(H,28,31)/t19-,23-,26+/m1/s1. The first-order valence-electron chi connectivity index (χ1n) is 11.6. The van der Waals surface area contributed by atoms with Gasteiger partial charge in [0.05, 0.1) is 5.41 Å². The Bertz CT molecular complexity index is 912. The molecule has 5 heteroatoms. The van der Waals surface area contributed by atoms with Crippen molar-refractivity contribution in [2.75, 3.05) is 19.6 Å². The van der Waals surface area contributed by atoms with Crippen LogP contribution in [0.1, 0.15) is 45.1 Å². The van der Waals surface area contributed by atoms with Gasteiger partial charge in [-0.25, -0.2) is 0 Å². The van der Waals surface area contributed by atoms with E-state index < -0.39 is 5.41 Å². The Kier molecular flexibility index (Phi) is 6.40. The lowest BCUT2D eigenvalue weighted by atomic mass is 9.74. The maximum atomic E-state index is 13.3. The quantitative estimate of drug-likeness (QED) is 0.735. The van der Waals surface area contributed by atoms with Crippen molar-refractivity contribution in [2.45, 2.75) is 46.0 Å². The summed E-state index contributed by atoms with van der Waals surface area (Å²) in [6, 6.07) is 12.5. The van der Waals surface area contributed by atoms with E-state index in [0.717, 1.165) is 48.9 Å². The lowest BCUT2D eigenvalue weighted by Crippen LogP contribution is -2.55. The molecule has 1 saturated heterocycles. The van der Waals surface area contributed by atoms with E-state index in [-0.39, 0.29) is 17.7 Å². The lowest BCUT2D eigenvalue weighted by molar-refractivity contribution is -0.142. The molecule has 5 nitrogen and oxygen atoms in total. The SMILES string of the molecule is CCCNC(=O)[C@]1(Cc2ccc(-c3ccncc3)cc2)CCCN(C(=O)[C@@H]2C[C@H]2C)C1. The number of piperidine rings is 1. The first kappa shape index (κ1) is 21.5. The number of likely N-dealkylation sites (tertiary alicyclic amines) is 1. The van der Waals surface area contributed by atoms with E-state index in [1.54, 1.807) is 12.4 Å². The lowest BCUT2D eigenvalue weighted by Gasteiger charge is -2.42. The molecule has 1 aromatic carbocycles. The zero-order valence-electron chi connectivity index (χ0n) is 18.6. The van der Waals surface area contributed by atoms with Crippen molar-refractivity contribution in [1.82, 2.24) is 15.2 Å². The van der Waals surface area contributed by atoms with Gasteiger partial charge in [0.1, 0.15) is 0 Å². The minimum absolute atomic E-state index is 0.0916. The number of carbonyl (C=O) groups excluding carboxylic acids is 2. The summed E-state index contributed by atoms with van der Waals surface area (Å²) >= 11 is 0. The second kappa shape index (κ2) is 9.21. The first-order chi connectivity index (χ1) is 15.0. The van der Waals surface area contributed by atoms with Crippen molar-refractivity contribution in [3.8, 4) is 11.1 Å². The fraction of sp³-hybridized carbons (Fsp3) is 0.500. The van der Waals surface area contributed by atoms with E-state index in [2.05, 4.69) is 48.4 Å². The Balaban J connectivity index is 1.54. The number of rotatable bonds is 7. The normalized spacial score (nSPS) is 25.2. The molecule has 2 aromatic rings. The van der Waals surface area contributed by atoms with Gasteiger partial charge in [0.15, 0.2) is 0 Å². The Morgan fingerprint density at radius 1 is 1.13 bits per heavy atom. The monoisotopic (exact) mass is 419 g/mol. The van der Waals surface area contributed by atoms with Gasteiger partial charge in [0, 0.05) is 37.9 Å². The van der Waals surface area contributed by atoms with E-state index in [0.29, 0.717) is 25.4 Å². The summed E-state index contributed by atoms with van der Waals surface area (Å²) in [6.07, 6.45) is 7.84. The fourth-order valence-electron chi connectivity index (χ4n) is 4.81. The van der Waals surface area contributed by atoms with Crippen LogP contribution in [0.3, 0.4) is 0 Å². The van der Waals surface area contributed by atoms with Crippen molar-refractivity contribution in [2.24, 2.45) is 17.3 Å². The highest BCUT2D eigenvalue weighted by Crippen LogP contribution is 2.42. The van der Waals surface area contributed by atoms with Crippen molar-refractivity contribution in [3.05, 3.63) is 54.4 Å². The predicted octanol–water partition coefficient (Wildman–Crippen LogP) is 4.08. The van der Waals surface area contributed by atoms with E-state index in [4.69, 9.17) is 0 Å². The minimum Gasteiger partial charge on any atom is -0.356 e. The molecule has 0 bridgehead atoms. The molecular weight excluding hydrogens is 386 g/mol. The van der Waals surface area contributed by atoms with Gasteiger partial charge in [0.25, 0.3) is 0 Å². The molecule has 1 N–H and O–H groups in total. The van der Waals surface area contributed by atoms with Crippen molar-refractivity contribution in [1.29, 1.82) is 0 Å². The smallest absolute Gasteiger partial charge is 0.228 e. The topological polar surface area (TPSA) is 62.3 Å². The van der Waals surface area contributed by atoms with Crippen LogP contribution in [0.2, 0.25) is 0 Å². The molecule has 0 unspecified atom stereocenters. The molecule has 1 aliphatic carbocycles. The van der Waals surface area contributed by atoms with E-state index >= 15 is 0 Å². The van der Waals surface area contributed by atoms with Crippen LogP contribution in [0, 0.1) is 17.3 Å². The third kappa shape index (κ3) is 4.81. The summed E-state index contributed by atoms with van der Waals surface area (Å²) in [5.74, 6) is 0.981. The summed E-state index contributed by atoms with van der Waals surface area (Å²) in [5.41, 5.74) is 2.85. The highest BCUT2D eigenvalue weighted by Gasteiger charge is 2.47. The molecule has 2 amide bonds. The van der Waals surface area contributed by atoms with Gasteiger partial charge < -0.3 is 10.2 Å². The molecular formula is C26H33N3O2. The minimum atomic E-state index is -0.556. The maximum Gasteiger partial charge on any atom is 0.228 e. The summed E-state index contributed by atoms with van der Waals surface area (Å²) in [7, 11) is 0. The van der Waals surface area contributed by atoms with Gasteiger partial charge in [-0.1, -0.05) is 38.1 Å². The average Bonchev–Trinajstić information content (AvgIpc) is 3.54. The second-order valence-electron chi connectivity index (χ2n) is 9.33. The number of aromatic nitrogens is 1. The van der Waals surface area contributed by atoms with Gasteiger partial charge in [-0.2, -0.15) is 0 Å². The van der Waals surface area contributed by atoms with Gasteiger partial charge in [-0.3, -0.25) is 14.6 Å². The molecule has 164 valence electrons. The number of hydrogen-bond donors (Lipinski definition) is 1. The number of amides is 2. The van der Waals surface area contributed by atoms with Crippen LogP contribution in [0.4, 0.5) is 0 Å². The Morgan fingerprint density at radius 2 is 1.81 bits per heavy atom. The molecule has 3 atom stereocenters. The number of nitrogens with zero attached hydrogens (tertiary/aromatic N) is 2. The van der Waals surface area contributed by atoms with Gasteiger partial charge in [-0.15, -0.1) is 0 Å². The van der Waals surface area contributed by atoms with Gasteiger partial charge in [-0.05, 0) is 66.8 Å². The first-order valence-corrected chi connectivity index (χ1v) is 11.6. The summed E-state index contributed by atoms with van der Waals surface area (Å²) in [4.78, 5) is 32.3. The Labute approximate surface area is 185 Å². The van der Waals surface area contributed by atoms with Crippen molar-refractivity contribution in [3.63, 3.8) is 0 Å². The van der Waals surface area contributed by atoms with E-state index in [1.165, 1.54) is 0 Å².